The average molecular weight is 674 g/mol. The number of nitrogens with zero attached hydrogens (tertiary/aromatic N) is 6. The predicted octanol–water partition coefficient (Wildman–Crippen LogP) is 5.13. The zero-order valence-electron chi connectivity index (χ0n) is 25.7. The molecule has 1 spiro atoms. The zero-order valence-corrected chi connectivity index (χ0v) is 26.5. The number of alkyl halides is 3. The van der Waals surface area contributed by atoms with Gasteiger partial charge in [-0.15, -0.1) is 10.2 Å². The monoisotopic (exact) mass is 673 g/mol. The number of hydrogen-bond acceptors (Lipinski definition) is 10. The van der Waals surface area contributed by atoms with Gasteiger partial charge in [0.15, 0.2) is 5.75 Å². The number of pyridine rings is 1. The Labute approximate surface area is 268 Å². The summed E-state index contributed by atoms with van der Waals surface area (Å²) in [5, 5.41) is 13.0. The van der Waals surface area contributed by atoms with Crippen molar-refractivity contribution in [2.45, 2.75) is 45.2 Å². The topological polar surface area (TPSA) is 135 Å². The summed E-state index contributed by atoms with van der Waals surface area (Å²) in [5.41, 5.74) is 3.16. The number of nitrogens with one attached hydrogen (secondary N) is 1. The molecule has 1 atom stereocenters. The highest BCUT2D eigenvalue weighted by Crippen LogP contribution is 2.54. The van der Waals surface area contributed by atoms with Gasteiger partial charge in [0.25, 0.3) is 0 Å². The third-order valence-electron chi connectivity index (χ3n) is 9.36. The zero-order chi connectivity index (χ0) is 33.0. The second-order valence-electron chi connectivity index (χ2n) is 12.5. The molecular formula is C31H34F3N7O5S. The summed E-state index contributed by atoms with van der Waals surface area (Å²) < 4.78 is 80.9. The Balaban J connectivity index is 1.20. The third-order valence-corrected chi connectivity index (χ3v) is 10.5. The summed E-state index contributed by atoms with van der Waals surface area (Å²) in [4.78, 5) is 15.7. The van der Waals surface area contributed by atoms with Crippen LogP contribution in [-0.4, -0.2) is 78.9 Å². The lowest BCUT2D eigenvalue weighted by atomic mass is 9.93. The van der Waals surface area contributed by atoms with E-state index in [9.17, 15) is 26.4 Å². The van der Waals surface area contributed by atoms with Crippen LogP contribution in [0.15, 0.2) is 47.0 Å². The number of hydrogen-bond donors (Lipinski definition) is 1. The summed E-state index contributed by atoms with van der Waals surface area (Å²) in [6.07, 6.45) is 1.76. The lowest BCUT2D eigenvalue weighted by molar-refractivity contribution is -0.168. The molecule has 2 saturated heterocycles. The minimum Gasteiger partial charge on any atom is -0.465 e. The Morgan fingerprint density at radius 1 is 1.04 bits per heavy atom. The molecule has 0 amide bonds. The van der Waals surface area contributed by atoms with E-state index in [0.717, 1.165) is 25.9 Å². The van der Waals surface area contributed by atoms with E-state index in [1.54, 1.807) is 58.9 Å². The molecule has 7 rings (SSSR count). The predicted molar refractivity (Wildman–Crippen MR) is 167 cm³/mol. The number of carbonyl (C=O) groups is 1. The van der Waals surface area contributed by atoms with E-state index in [2.05, 4.69) is 24.9 Å². The molecule has 1 saturated carbocycles. The van der Waals surface area contributed by atoms with Crippen molar-refractivity contribution in [3.63, 3.8) is 0 Å². The molecule has 1 N–H and O–H groups in total. The smallest absolute Gasteiger partial charge is 0.393 e. The Hall–Kier alpha value is -4.34. The molecule has 2 aliphatic heterocycles. The van der Waals surface area contributed by atoms with Crippen LogP contribution in [0.1, 0.15) is 39.0 Å². The number of carbonyl (C=O) groups excluding carboxylic acids is 1. The molecule has 47 heavy (non-hydrogen) atoms. The molecule has 5 heterocycles. The Bertz CT molecular complexity index is 1910. The number of anilines is 3. The second kappa shape index (κ2) is 11.7. The van der Waals surface area contributed by atoms with Gasteiger partial charge in [0.2, 0.25) is 21.8 Å². The van der Waals surface area contributed by atoms with Crippen molar-refractivity contribution >= 4 is 38.7 Å². The fourth-order valence-electron chi connectivity index (χ4n) is 6.56. The van der Waals surface area contributed by atoms with Crippen LogP contribution in [0.3, 0.4) is 0 Å². The lowest BCUT2D eigenvalue weighted by Crippen LogP contribution is -2.34. The van der Waals surface area contributed by atoms with Crippen molar-refractivity contribution in [3.8, 4) is 22.9 Å². The highest BCUT2D eigenvalue weighted by Gasteiger charge is 2.45. The SMILES string of the molecule is CCOC(=O)CS(=O)(=O)Nc1ccc(-c2nnc(-c3cc(N4CCC(C(F)(F)F)C4)n4nccc4c3)o2)c(N2CCC3(CC2)CC3)c1. The fraction of sp³-hybridized carbons (Fsp3) is 0.484. The standard InChI is InChI=1S/C31H34F3N7O5S/c1-2-45-27(42)19-47(43,44)38-22-3-4-24(25(17-22)39-13-9-30(7-8-30)10-14-39)29-37-36-28(46-29)20-15-23-5-11-35-41(23)26(16-20)40-12-6-21(18-40)31(32,33)34/h3-5,11,15-17,21,38H,2,6-10,12-14,18-19H2,1H3. The molecule has 1 unspecified atom stereocenters. The van der Waals surface area contributed by atoms with Gasteiger partial charge >= 0.3 is 12.1 Å². The van der Waals surface area contributed by atoms with Gasteiger partial charge < -0.3 is 19.0 Å². The summed E-state index contributed by atoms with van der Waals surface area (Å²) in [6, 6.07) is 10.2. The maximum Gasteiger partial charge on any atom is 0.393 e. The molecule has 1 aromatic carbocycles. The number of fused-ring (bicyclic) bond motifs is 1. The van der Waals surface area contributed by atoms with Gasteiger partial charge in [0.1, 0.15) is 5.82 Å². The van der Waals surface area contributed by atoms with Crippen molar-refractivity contribution < 1.29 is 35.5 Å². The van der Waals surface area contributed by atoms with Crippen molar-refractivity contribution in [3.05, 3.63) is 42.6 Å². The van der Waals surface area contributed by atoms with Gasteiger partial charge in [-0.05, 0) is 80.8 Å². The number of aromatic nitrogens is 4. The van der Waals surface area contributed by atoms with Gasteiger partial charge in [-0.2, -0.15) is 18.3 Å². The number of halogens is 3. The number of rotatable bonds is 9. The Kier molecular flexibility index (Phi) is 7.80. The van der Waals surface area contributed by atoms with Crippen molar-refractivity contribution in [2.24, 2.45) is 11.3 Å². The Morgan fingerprint density at radius 3 is 2.51 bits per heavy atom. The van der Waals surface area contributed by atoms with Crippen LogP contribution in [0.4, 0.5) is 30.4 Å². The van der Waals surface area contributed by atoms with Crippen LogP contribution >= 0.6 is 0 Å². The summed E-state index contributed by atoms with van der Waals surface area (Å²) >= 11 is 0. The number of piperidine rings is 1. The van der Waals surface area contributed by atoms with E-state index in [-0.39, 0.29) is 43.6 Å². The molecule has 0 radical (unpaired) electrons. The van der Waals surface area contributed by atoms with Gasteiger partial charge in [0, 0.05) is 31.7 Å². The van der Waals surface area contributed by atoms with Crippen LogP contribution in [0, 0.1) is 11.3 Å². The molecule has 1 aliphatic carbocycles. The van der Waals surface area contributed by atoms with Gasteiger partial charge in [-0.1, -0.05) is 0 Å². The molecule has 3 fully saturated rings. The maximum absolute atomic E-state index is 13.5. The molecule has 0 bridgehead atoms. The van der Waals surface area contributed by atoms with E-state index in [4.69, 9.17) is 9.15 Å². The second-order valence-corrected chi connectivity index (χ2v) is 14.3. The minimum absolute atomic E-state index is 0.00340. The van der Waals surface area contributed by atoms with E-state index in [1.807, 2.05) is 0 Å². The van der Waals surface area contributed by atoms with Crippen molar-refractivity contribution in [1.29, 1.82) is 0 Å². The van der Waals surface area contributed by atoms with E-state index in [0.29, 0.717) is 33.6 Å². The largest absolute Gasteiger partial charge is 0.465 e. The fourth-order valence-corrected chi connectivity index (χ4v) is 7.51. The van der Waals surface area contributed by atoms with Gasteiger partial charge in [0.05, 0.1) is 41.2 Å². The highest BCUT2D eigenvalue weighted by molar-refractivity contribution is 7.93. The molecule has 12 nitrogen and oxygen atoms in total. The molecule has 4 aromatic rings. The number of benzene rings is 1. The lowest BCUT2D eigenvalue weighted by Gasteiger charge is -2.35. The minimum atomic E-state index is -4.28. The Morgan fingerprint density at radius 2 is 1.81 bits per heavy atom. The summed E-state index contributed by atoms with van der Waals surface area (Å²) in [5.74, 6) is -2.20. The molecular weight excluding hydrogens is 639 g/mol. The quantitative estimate of drug-likeness (QED) is 0.239. The van der Waals surface area contributed by atoms with Crippen molar-refractivity contribution in [2.75, 3.05) is 53.1 Å². The van der Waals surface area contributed by atoms with Crippen LogP contribution in [0.5, 0.6) is 0 Å². The average Bonchev–Trinajstić information content (AvgIpc) is 3.46. The van der Waals surface area contributed by atoms with Crippen LogP contribution in [0.25, 0.3) is 28.4 Å². The number of ether oxygens (including phenoxy) is 1. The van der Waals surface area contributed by atoms with E-state index >= 15 is 0 Å². The first-order valence-corrected chi connectivity index (χ1v) is 17.3. The normalized spacial score (nSPS) is 19.4. The maximum atomic E-state index is 13.5. The van der Waals surface area contributed by atoms with Gasteiger partial charge in [-0.25, -0.2) is 12.9 Å². The molecule has 250 valence electrons. The van der Waals surface area contributed by atoms with Gasteiger partial charge in [-0.3, -0.25) is 9.52 Å². The summed E-state index contributed by atoms with van der Waals surface area (Å²) in [6.45, 7) is 3.27. The van der Waals surface area contributed by atoms with E-state index < -0.39 is 33.8 Å². The van der Waals surface area contributed by atoms with Crippen LogP contribution in [0.2, 0.25) is 0 Å². The number of sulfonamides is 1. The van der Waals surface area contributed by atoms with Crippen LogP contribution < -0.4 is 14.5 Å². The highest BCUT2D eigenvalue weighted by atomic mass is 32.2. The number of esters is 1. The molecule has 3 aromatic heterocycles. The molecule has 3 aliphatic rings. The first kappa shape index (κ1) is 31.3. The first-order valence-electron chi connectivity index (χ1n) is 15.6. The summed E-state index contributed by atoms with van der Waals surface area (Å²) in [7, 11) is -4.03. The van der Waals surface area contributed by atoms with Crippen molar-refractivity contribution in [1.82, 2.24) is 19.8 Å². The van der Waals surface area contributed by atoms with Crippen LogP contribution in [-0.2, 0) is 19.6 Å². The first-order chi connectivity index (χ1) is 22.4. The third kappa shape index (κ3) is 6.47. The van der Waals surface area contributed by atoms with E-state index in [1.165, 1.54) is 12.8 Å². The molecule has 16 heteroatoms.